The third-order valence-corrected chi connectivity index (χ3v) is 2.24. The maximum atomic E-state index is 11.7. The standard InChI is InChI=1S/C14H20O2/c1-12(2)11-16-10-6-9-14(15)13-7-4-3-5-8-13/h3-5,7-8,12H,6,9-11H2,1-2H3. The molecule has 2 nitrogen and oxygen atoms in total. The molecule has 0 amide bonds. The number of rotatable bonds is 7. The molecule has 1 rings (SSSR count). The Kier molecular flexibility index (Phi) is 5.79. The lowest BCUT2D eigenvalue weighted by molar-refractivity contribution is 0.0898. The Morgan fingerprint density at radius 1 is 1.25 bits per heavy atom. The van der Waals surface area contributed by atoms with Gasteiger partial charge in [0, 0.05) is 25.2 Å². The van der Waals surface area contributed by atoms with Gasteiger partial charge in [0.05, 0.1) is 0 Å². The van der Waals surface area contributed by atoms with Crippen molar-refractivity contribution in [3.63, 3.8) is 0 Å². The third-order valence-electron chi connectivity index (χ3n) is 2.24. The molecule has 0 unspecified atom stereocenters. The molecule has 0 aliphatic carbocycles. The van der Waals surface area contributed by atoms with Crippen molar-refractivity contribution in [1.82, 2.24) is 0 Å². The molecule has 0 aliphatic heterocycles. The van der Waals surface area contributed by atoms with Gasteiger partial charge in [-0.05, 0) is 12.3 Å². The van der Waals surface area contributed by atoms with Gasteiger partial charge in [-0.1, -0.05) is 44.2 Å². The molecule has 2 heteroatoms. The van der Waals surface area contributed by atoms with E-state index in [1.165, 1.54) is 0 Å². The SMILES string of the molecule is CC(C)COCCCC(=O)c1ccccc1. The molecular weight excluding hydrogens is 200 g/mol. The molecule has 0 spiro atoms. The van der Waals surface area contributed by atoms with Crippen LogP contribution in [0.2, 0.25) is 0 Å². The molecule has 16 heavy (non-hydrogen) atoms. The van der Waals surface area contributed by atoms with E-state index in [-0.39, 0.29) is 5.78 Å². The summed E-state index contributed by atoms with van der Waals surface area (Å²) >= 11 is 0. The highest BCUT2D eigenvalue weighted by molar-refractivity contribution is 5.95. The molecule has 0 aromatic heterocycles. The minimum Gasteiger partial charge on any atom is -0.381 e. The van der Waals surface area contributed by atoms with Crippen molar-refractivity contribution in [2.75, 3.05) is 13.2 Å². The summed E-state index contributed by atoms with van der Waals surface area (Å²) in [5, 5.41) is 0. The maximum Gasteiger partial charge on any atom is 0.162 e. The van der Waals surface area contributed by atoms with Crippen molar-refractivity contribution in [3.8, 4) is 0 Å². The van der Waals surface area contributed by atoms with E-state index < -0.39 is 0 Å². The lowest BCUT2D eigenvalue weighted by atomic mass is 10.1. The van der Waals surface area contributed by atoms with Gasteiger partial charge in [-0.15, -0.1) is 0 Å². The van der Waals surface area contributed by atoms with Gasteiger partial charge in [0.2, 0.25) is 0 Å². The Morgan fingerprint density at radius 2 is 1.94 bits per heavy atom. The summed E-state index contributed by atoms with van der Waals surface area (Å²) in [6.45, 7) is 5.69. The van der Waals surface area contributed by atoms with Crippen LogP contribution in [-0.4, -0.2) is 19.0 Å². The Morgan fingerprint density at radius 3 is 2.56 bits per heavy atom. The molecule has 0 saturated carbocycles. The molecule has 0 N–H and O–H groups in total. The van der Waals surface area contributed by atoms with Gasteiger partial charge in [0.1, 0.15) is 0 Å². The summed E-state index contributed by atoms with van der Waals surface area (Å²) in [6, 6.07) is 9.42. The normalized spacial score (nSPS) is 10.7. The zero-order valence-electron chi connectivity index (χ0n) is 10.1. The minimum absolute atomic E-state index is 0.203. The predicted molar refractivity (Wildman–Crippen MR) is 65.7 cm³/mol. The Hall–Kier alpha value is -1.15. The molecule has 0 saturated heterocycles. The second kappa shape index (κ2) is 7.18. The van der Waals surface area contributed by atoms with E-state index in [0.717, 1.165) is 18.6 Å². The first kappa shape index (κ1) is 12.9. The molecular formula is C14H20O2. The van der Waals surface area contributed by atoms with Crippen LogP contribution < -0.4 is 0 Å². The largest absolute Gasteiger partial charge is 0.381 e. The smallest absolute Gasteiger partial charge is 0.162 e. The van der Waals surface area contributed by atoms with Crippen molar-refractivity contribution in [2.24, 2.45) is 5.92 Å². The van der Waals surface area contributed by atoms with Crippen LogP contribution >= 0.6 is 0 Å². The molecule has 0 aliphatic rings. The van der Waals surface area contributed by atoms with Gasteiger partial charge >= 0.3 is 0 Å². The van der Waals surface area contributed by atoms with Crippen LogP contribution in [0.25, 0.3) is 0 Å². The van der Waals surface area contributed by atoms with Crippen LogP contribution in [0, 0.1) is 5.92 Å². The van der Waals surface area contributed by atoms with E-state index in [0.29, 0.717) is 18.9 Å². The van der Waals surface area contributed by atoms with E-state index in [2.05, 4.69) is 13.8 Å². The fraction of sp³-hybridized carbons (Fsp3) is 0.500. The van der Waals surface area contributed by atoms with E-state index in [9.17, 15) is 4.79 Å². The fourth-order valence-electron chi connectivity index (χ4n) is 1.42. The summed E-state index contributed by atoms with van der Waals surface area (Å²) < 4.78 is 5.43. The zero-order valence-corrected chi connectivity index (χ0v) is 10.1. The Balaban J connectivity index is 2.16. The number of carbonyl (C=O) groups excluding carboxylic acids is 1. The minimum atomic E-state index is 0.203. The number of benzene rings is 1. The molecule has 1 aromatic rings. The van der Waals surface area contributed by atoms with Gasteiger partial charge in [-0.2, -0.15) is 0 Å². The van der Waals surface area contributed by atoms with Gasteiger partial charge in [-0.3, -0.25) is 4.79 Å². The van der Waals surface area contributed by atoms with Gasteiger partial charge < -0.3 is 4.74 Å². The first-order valence-electron chi connectivity index (χ1n) is 5.86. The van der Waals surface area contributed by atoms with Crippen LogP contribution in [0.3, 0.4) is 0 Å². The quantitative estimate of drug-likeness (QED) is 0.520. The number of carbonyl (C=O) groups is 1. The number of ketones is 1. The average Bonchev–Trinajstić information content (AvgIpc) is 2.29. The highest BCUT2D eigenvalue weighted by atomic mass is 16.5. The predicted octanol–water partition coefficient (Wildman–Crippen LogP) is 3.32. The second-order valence-electron chi connectivity index (χ2n) is 4.36. The molecule has 88 valence electrons. The van der Waals surface area contributed by atoms with Crippen LogP contribution in [0.4, 0.5) is 0 Å². The lowest BCUT2D eigenvalue weighted by Gasteiger charge is -2.06. The fourth-order valence-corrected chi connectivity index (χ4v) is 1.42. The molecule has 0 bridgehead atoms. The molecule has 0 atom stereocenters. The van der Waals surface area contributed by atoms with Gasteiger partial charge in [0.15, 0.2) is 5.78 Å². The average molecular weight is 220 g/mol. The van der Waals surface area contributed by atoms with Crippen LogP contribution in [0.15, 0.2) is 30.3 Å². The van der Waals surface area contributed by atoms with Gasteiger partial charge in [-0.25, -0.2) is 0 Å². The summed E-state index contributed by atoms with van der Waals surface area (Å²) in [7, 11) is 0. The Bertz CT molecular complexity index is 304. The Labute approximate surface area is 97.6 Å². The molecule has 0 heterocycles. The van der Waals surface area contributed by atoms with Crippen molar-refractivity contribution in [3.05, 3.63) is 35.9 Å². The van der Waals surface area contributed by atoms with E-state index in [1.54, 1.807) is 0 Å². The molecule has 0 fully saturated rings. The summed E-state index contributed by atoms with van der Waals surface area (Å²) in [5.74, 6) is 0.763. The summed E-state index contributed by atoms with van der Waals surface area (Å²) in [5.41, 5.74) is 0.798. The van der Waals surface area contributed by atoms with Gasteiger partial charge in [0.25, 0.3) is 0 Å². The number of hydrogen-bond acceptors (Lipinski definition) is 2. The summed E-state index contributed by atoms with van der Waals surface area (Å²) in [6.07, 6.45) is 1.38. The van der Waals surface area contributed by atoms with Crippen LogP contribution in [0.5, 0.6) is 0 Å². The summed E-state index contributed by atoms with van der Waals surface area (Å²) in [4.78, 5) is 11.7. The number of ether oxygens (including phenoxy) is 1. The van der Waals surface area contributed by atoms with E-state index >= 15 is 0 Å². The van der Waals surface area contributed by atoms with Crippen LogP contribution in [-0.2, 0) is 4.74 Å². The van der Waals surface area contributed by atoms with Crippen molar-refractivity contribution in [2.45, 2.75) is 26.7 Å². The second-order valence-corrected chi connectivity index (χ2v) is 4.36. The van der Waals surface area contributed by atoms with Crippen molar-refractivity contribution >= 4 is 5.78 Å². The lowest BCUT2D eigenvalue weighted by Crippen LogP contribution is -2.05. The topological polar surface area (TPSA) is 26.3 Å². The third kappa shape index (κ3) is 5.08. The van der Waals surface area contributed by atoms with E-state index in [1.807, 2.05) is 30.3 Å². The van der Waals surface area contributed by atoms with Crippen molar-refractivity contribution < 1.29 is 9.53 Å². The van der Waals surface area contributed by atoms with E-state index in [4.69, 9.17) is 4.74 Å². The first-order chi connectivity index (χ1) is 7.70. The highest BCUT2D eigenvalue weighted by Crippen LogP contribution is 2.05. The van der Waals surface area contributed by atoms with Crippen LogP contribution in [0.1, 0.15) is 37.0 Å². The molecule has 0 radical (unpaired) electrons. The monoisotopic (exact) mass is 220 g/mol. The molecule has 1 aromatic carbocycles. The zero-order chi connectivity index (χ0) is 11.8. The first-order valence-corrected chi connectivity index (χ1v) is 5.86. The number of Topliss-reactive ketones (excluding diaryl/α,β-unsaturated/α-hetero) is 1. The number of hydrogen-bond donors (Lipinski definition) is 0. The highest BCUT2D eigenvalue weighted by Gasteiger charge is 2.04. The maximum absolute atomic E-state index is 11.7. The van der Waals surface area contributed by atoms with Crippen molar-refractivity contribution in [1.29, 1.82) is 0 Å².